The average Bonchev–Trinajstić information content (AvgIpc) is 2.39. The van der Waals surface area contributed by atoms with E-state index in [0.29, 0.717) is 19.0 Å². The summed E-state index contributed by atoms with van der Waals surface area (Å²) in [5.41, 5.74) is 0. The molecule has 0 aliphatic heterocycles. The maximum atomic E-state index is 11.9. The van der Waals surface area contributed by atoms with Crippen molar-refractivity contribution in [3.63, 3.8) is 0 Å². The number of carbonyl (C=O) groups excluding carboxylic acids is 2. The number of carboxylic acid groups (broad SMARTS) is 1. The van der Waals surface area contributed by atoms with Crippen molar-refractivity contribution in [3.8, 4) is 0 Å². The third kappa shape index (κ3) is 9.70. The minimum absolute atomic E-state index is 0.0421. The fourth-order valence-corrected chi connectivity index (χ4v) is 2.01. The van der Waals surface area contributed by atoms with Crippen LogP contribution in [0.3, 0.4) is 0 Å². The molecule has 0 aliphatic carbocycles. The Morgan fingerprint density at radius 1 is 1.24 bits per heavy atom. The molecule has 0 heterocycles. The van der Waals surface area contributed by atoms with Crippen LogP contribution in [0.25, 0.3) is 0 Å². The van der Waals surface area contributed by atoms with Gasteiger partial charge in [0.2, 0.25) is 5.91 Å². The first kappa shape index (κ1) is 19.2. The second kappa shape index (κ2) is 10.0. The predicted octanol–water partition coefficient (Wildman–Crippen LogP) is 0.901. The van der Waals surface area contributed by atoms with Gasteiger partial charge in [-0.3, -0.25) is 9.59 Å². The molecule has 21 heavy (non-hydrogen) atoms. The molecule has 1 atom stereocenters. The van der Waals surface area contributed by atoms with Crippen molar-refractivity contribution in [2.24, 2.45) is 11.8 Å². The summed E-state index contributed by atoms with van der Waals surface area (Å²) in [6.07, 6.45) is 1.03. The van der Waals surface area contributed by atoms with Crippen molar-refractivity contribution >= 4 is 17.9 Å². The van der Waals surface area contributed by atoms with Gasteiger partial charge in [-0.25, -0.2) is 4.79 Å². The van der Waals surface area contributed by atoms with Crippen molar-refractivity contribution in [2.45, 2.75) is 33.1 Å². The summed E-state index contributed by atoms with van der Waals surface area (Å²) in [6.45, 7) is 4.69. The fourth-order valence-electron chi connectivity index (χ4n) is 2.01. The number of hydrogen-bond acceptors (Lipinski definition) is 3. The lowest BCUT2D eigenvalue weighted by Crippen LogP contribution is -2.41. The Hall–Kier alpha value is -1.79. The molecule has 0 aromatic rings. The topological polar surface area (TPSA) is 98.7 Å². The van der Waals surface area contributed by atoms with Gasteiger partial charge in [0, 0.05) is 40.0 Å². The van der Waals surface area contributed by atoms with Gasteiger partial charge < -0.3 is 20.6 Å². The predicted molar refractivity (Wildman–Crippen MR) is 79.9 cm³/mol. The number of amides is 3. The Kier molecular flexibility index (Phi) is 9.16. The molecule has 0 saturated heterocycles. The largest absolute Gasteiger partial charge is 0.481 e. The van der Waals surface area contributed by atoms with Gasteiger partial charge in [-0.15, -0.1) is 0 Å². The number of rotatable bonds is 9. The van der Waals surface area contributed by atoms with Crippen LogP contribution in [0.5, 0.6) is 0 Å². The lowest BCUT2D eigenvalue weighted by atomic mass is 9.94. The number of carbonyl (C=O) groups is 3. The molecule has 7 nitrogen and oxygen atoms in total. The van der Waals surface area contributed by atoms with Crippen LogP contribution in [-0.2, 0) is 9.59 Å². The monoisotopic (exact) mass is 301 g/mol. The van der Waals surface area contributed by atoms with Crippen LogP contribution in [0.1, 0.15) is 33.1 Å². The van der Waals surface area contributed by atoms with E-state index in [-0.39, 0.29) is 30.7 Å². The fraction of sp³-hybridized carbons (Fsp3) is 0.786. The average molecular weight is 301 g/mol. The van der Waals surface area contributed by atoms with Crippen LogP contribution in [0, 0.1) is 11.8 Å². The third-order valence-corrected chi connectivity index (χ3v) is 3.11. The van der Waals surface area contributed by atoms with Crippen LogP contribution in [0.2, 0.25) is 0 Å². The zero-order chi connectivity index (χ0) is 16.4. The smallest absolute Gasteiger partial charge is 0.317 e. The highest BCUT2D eigenvalue weighted by molar-refractivity contribution is 5.77. The van der Waals surface area contributed by atoms with Crippen LogP contribution < -0.4 is 10.6 Å². The van der Waals surface area contributed by atoms with E-state index in [9.17, 15) is 14.4 Å². The molecule has 1 unspecified atom stereocenters. The molecule has 0 saturated carbocycles. The zero-order valence-corrected chi connectivity index (χ0v) is 13.3. The highest BCUT2D eigenvalue weighted by atomic mass is 16.4. The van der Waals surface area contributed by atoms with E-state index in [2.05, 4.69) is 10.6 Å². The Morgan fingerprint density at radius 2 is 1.86 bits per heavy atom. The summed E-state index contributed by atoms with van der Waals surface area (Å²) in [7, 11) is 3.15. The SMILES string of the molecule is CNC(=O)CCN(C)C(=O)NCC(CC(=O)O)CC(C)C. The summed E-state index contributed by atoms with van der Waals surface area (Å²) in [6, 6.07) is -0.293. The van der Waals surface area contributed by atoms with E-state index in [1.807, 2.05) is 13.8 Å². The van der Waals surface area contributed by atoms with Gasteiger partial charge in [-0.05, 0) is 18.3 Å². The Labute approximate surface area is 126 Å². The lowest BCUT2D eigenvalue weighted by molar-refractivity contribution is -0.138. The summed E-state index contributed by atoms with van der Waals surface area (Å²) in [5.74, 6) is -0.697. The second-order valence-electron chi connectivity index (χ2n) is 5.62. The standard InChI is InChI=1S/C14H27N3O4/c1-10(2)7-11(8-13(19)20)9-16-14(21)17(4)6-5-12(18)15-3/h10-11H,5-9H2,1-4H3,(H,15,18)(H,16,21)(H,19,20). The molecular weight excluding hydrogens is 274 g/mol. The van der Waals surface area contributed by atoms with E-state index < -0.39 is 5.97 Å². The molecule has 0 aromatic heterocycles. The van der Waals surface area contributed by atoms with E-state index in [1.165, 1.54) is 4.90 Å². The first-order chi connectivity index (χ1) is 9.76. The highest BCUT2D eigenvalue weighted by Crippen LogP contribution is 2.14. The number of hydrogen-bond donors (Lipinski definition) is 3. The molecule has 0 radical (unpaired) electrons. The molecule has 3 amide bonds. The van der Waals surface area contributed by atoms with Crippen molar-refractivity contribution in [1.29, 1.82) is 0 Å². The molecule has 7 heteroatoms. The summed E-state index contributed by atoms with van der Waals surface area (Å²) in [4.78, 5) is 35.2. The van der Waals surface area contributed by atoms with Gasteiger partial charge in [0.25, 0.3) is 0 Å². The molecule has 0 rings (SSSR count). The maximum Gasteiger partial charge on any atom is 0.317 e. The zero-order valence-electron chi connectivity index (χ0n) is 13.3. The molecule has 3 N–H and O–H groups in total. The Morgan fingerprint density at radius 3 is 2.33 bits per heavy atom. The van der Waals surface area contributed by atoms with Crippen LogP contribution >= 0.6 is 0 Å². The van der Waals surface area contributed by atoms with E-state index in [0.717, 1.165) is 6.42 Å². The van der Waals surface area contributed by atoms with E-state index in [1.54, 1.807) is 14.1 Å². The van der Waals surface area contributed by atoms with Gasteiger partial charge in [-0.1, -0.05) is 13.8 Å². The van der Waals surface area contributed by atoms with Crippen LogP contribution in [0.4, 0.5) is 4.79 Å². The third-order valence-electron chi connectivity index (χ3n) is 3.11. The van der Waals surface area contributed by atoms with Crippen LogP contribution in [-0.4, -0.2) is 55.1 Å². The van der Waals surface area contributed by atoms with Crippen molar-refractivity contribution < 1.29 is 19.5 Å². The number of nitrogens with zero attached hydrogens (tertiary/aromatic N) is 1. The summed E-state index contributed by atoms with van der Waals surface area (Å²) in [5, 5.41) is 14.1. The number of aliphatic carboxylic acids is 1. The number of urea groups is 1. The minimum atomic E-state index is -0.858. The second-order valence-corrected chi connectivity index (χ2v) is 5.62. The van der Waals surface area contributed by atoms with Gasteiger partial charge in [0.05, 0.1) is 0 Å². The van der Waals surface area contributed by atoms with Gasteiger partial charge >= 0.3 is 12.0 Å². The first-order valence-electron chi connectivity index (χ1n) is 7.17. The van der Waals surface area contributed by atoms with Crippen LogP contribution in [0.15, 0.2) is 0 Å². The number of carboxylic acids is 1. The molecule has 0 aromatic carbocycles. The Balaban J connectivity index is 4.21. The van der Waals surface area contributed by atoms with Crippen molar-refractivity contribution in [1.82, 2.24) is 15.5 Å². The molecular formula is C14H27N3O4. The molecule has 0 spiro atoms. The number of nitrogens with one attached hydrogen (secondary N) is 2. The van der Waals surface area contributed by atoms with E-state index >= 15 is 0 Å². The quantitative estimate of drug-likeness (QED) is 0.589. The first-order valence-corrected chi connectivity index (χ1v) is 7.17. The molecule has 0 fully saturated rings. The lowest BCUT2D eigenvalue weighted by Gasteiger charge is -2.21. The van der Waals surface area contributed by atoms with Gasteiger partial charge in [0.1, 0.15) is 0 Å². The van der Waals surface area contributed by atoms with Crippen molar-refractivity contribution in [2.75, 3.05) is 27.2 Å². The molecule has 0 aliphatic rings. The summed E-state index contributed by atoms with van der Waals surface area (Å²) < 4.78 is 0. The Bertz CT molecular complexity index is 358. The normalized spacial score (nSPS) is 11.9. The van der Waals surface area contributed by atoms with E-state index in [4.69, 9.17) is 5.11 Å². The highest BCUT2D eigenvalue weighted by Gasteiger charge is 2.17. The summed E-state index contributed by atoms with van der Waals surface area (Å²) >= 11 is 0. The van der Waals surface area contributed by atoms with Gasteiger partial charge in [0.15, 0.2) is 0 Å². The van der Waals surface area contributed by atoms with Gasteiger partial charge in [-0.2, -0.15) is 0 Å². The molecule has 122 valence electrons. The minimum Gasteiger partial charge on any atom is -0.481 e. The van der Waals surface area contributed by atoms with Crippen molar-refractivity contribution in [3.05, 3.63) is 0 Å². The molecule has 0 bridgehead atoms. The maximum absolute atomic E-state index is 11.9.